The molecule has 0 bridgehead atoms. The highest BCUT2D eigenvalue weighted by atomic mass is 28.4. The molecular weight excluding hydrogens is 204 g/mol. The predicted molar refractivity (Wildman–Crippen MR) is 69.2 cm³/mol. The quantitative estimate of drug-likeness (QED) is 0.404. The van der Waals surface area contributed by atoms with Gasteiger partial charge < -0.3 is 4.12 Å². The molecule has 3 heteroatoms. The second kappa shape index (κ2) is 5.74. The average Bonchev–Trinajstić information content (AvgIpc) is 1.93. The molecule has 0 aromatic rings. The van der Waals surface area contributed by atoms with Crippen molar-refractivity contribution in [1.29, 1.82) is 0 Å². The molecule has 82 valence electrons. The van der Waals surface area contributed by atoms with Crippen molar-refractivity contribution in [2.24, 2.45) is 0 Å². The van der Waals surface area contributed by atoms with Crippen LogP contribution in [0.15, 0.2) is 0 Å². The summed E-state index contributed by atoms with van der Waals surface area (Å²) in [4.78, 5) is 0. The summed E-state index contributed by atoms with van der Waals surface area (Å²) >= 11 is 0. The van der Waals surface area contributed by atoms with E-state index in [2.05, 4.69) is 51.1 Å². The van der Waals surface area contributed by atoms with Crippen molar-refractivity contribution >= 4 is 16.6 Å². The van der Waals surface area contributed by atoms with Gasteiger partial charge in [0.05, 0.1) is 0 Å². The number of rotatable bonds is 4. The third-order valence-corrected chi connectivity index (χ3v) is 6.88. The molecule has 1 nitrogen and oxygen atoms in total. The van der Waals surface area contributed by atoms with Gasteiger partial charge >= 0.3 is 0 Å². The largest absolute Gasteiger partial charge is 0.447 e. The van der Waals surface area contributed by atoms with Gasteiger partial charge in [-0.15, -0.1) is 5.92 Å². The highest BCUT2D eigenvalue weighted by Crippen LogP contribution is 2.12. The monoisotopic (exact) mass is 228 g/mol. The van der Waals surface area contributed by atoms with Crippen LogP contribution in [0.5, 0.6) is 0 Å². The lowest BCUT2D eigenvalue weighted by molar-refractivity contribution is 0.567. The van der Waals surface area contributed by atoms with E-state index in [-0.39, 0.29) is 0 Å². The molecule has 0 aliphatic heterocycles. The van der Waals surface area contributed by atoms with Crippen molar-refractivity contribution in [2.75, 3.05) is 0 Å². The van der Waals surface area contributed by atoms with Gasteiger partial charge in [-0.2, -0.15) is 0 Å². The van der Waals surface area contributed by atoms with Gasteiger partial charge in [0.2, 0.25) is 0 Å². The fraction of sp³-hybridized carbons (Fsp3) is 0.818. The zero-order valence-electron chi connectivity index (χ0n) is 10.5. The second-order valence-electron chi connectivity index (χ2n) is 5.13. The van der Waals surface area contributed by atoms with Crippen LogP contribution in [0.3, 0.4) is 0 Å². The van der Waals surface area contributed by atoms with E-state index in [0.29, 0.717) is 0 Å². The average molecular weight is 228 g/mol. The lowest BCUT2D eigenvalue weighted by Gasteiger charge is -2.26. The first-order chi connectivity index (χ1) is 6.27. The summed E-state index contributed by atoms with van der Waals surface area (Å²) in [6.45, 7) is 13.3. The summed E-state index contributed by atoms with van der Waals surface area (Å²) in [6.07, 6.45) is 3.47. The van der Waals surface area contributed by atoms with Crippen molar-refractivity contribution in [3.8, 4) is 11.5 Å². The van der Waals surface area contributed by atoms with Crippen LogP contribution >= 0.6 is 0 Å². The predicted octanol–water partition coefficient (Wildman–Crippen LogP) is 3.78. The summed E-state index contributed by atoms with van der Waals surface area (Å²) in [5.41, 5.74) is 3.35. The van der Waals surface area contributed by atoms with Gasteiger partial charge in [0, 0.05) is 6.42 Å². The number of hydrogen-bond acceptors (Lipinski definition) is 1. The Kier molecular flexibility index (Phi) is 5.72. The molecule has 14 heavy (non-hydrogen) atoms. The van der Waals surface area contributed by atoms with E-state index in [0.717, 1.165) is 6.42 Å². The van der Waals surface area contributed by atoms with Crippen LogP contribution in [0.2, 0.25) is 32.7 Å². The molecule has 0 aromatic heterocycles. The first-order valence-electron chi connectivity index (χ1n) is 5.47. The maximum absolute atomic E-state index is 6.11. The lowest BCUT2D eigenvalue weighted by Crippen LogP contribution is -2.41. The molecule has 0 spiro atoms. The van der Waals surface area contributed by atoms with E-state index in [4.69, 9.17) is 4.12 Å². The minimum atomic E-state index is -1.69. The van der Waals surface area contributed by atoms with Crippen LogP contribution in [-0.2, 0) is 4.12 Å². The van der Waals surface area contributed by atoms with Gasteiger partial charge in [-0.1, -0.05) is 18.9 Å². The van der Waals surface area contributed by atoms with Gasteiger partial charge in [0.15, 0.2) is 8.32 Å². The fourth-order valence-electron chi connectivity index (χ4n) is 1.33. The van der Waals surface area contributed by atoms with Crippen molar-refractivity contribution in [3.63, 3.8) is 0 Å². The smallest absolute Gasteiger partial charge is 0.255 e. The van der Waals surface area contributed by atoms with Crippen molar-refractivity contribution in [3.05, 3.63) is 0 Å². The van der Waals surface area contributed by atoms with Crippen molar-refractivity contribution in [2.45, 2.75) is 58.9 Å². The summed E-state index contributed by atoms with van der Waals surface area (Å²) in [6, 6.07) is 0. The Hall–Kier alpha value is -0.0462. The van der Waals surface area contributed by atoms with E-state index in [1.165, 1.54) is 12.8 Å². The molecule has 0 atom stereocenters. The zero-order chi connectivity index (χ0) is 11.2. The van der Waals surface area contributed by atoms with E-state index in [9.17, 15) is 0 Å². The first kappa shape index (κ1) is 14.0. The zero-order valence-corrected chi connectivity index (χ0v) is 12.5. The standard InChI is InChI=1S/C11H24OSi2/c1-7-8-9-10-11-14(5,6)12-13(2,3)4/h7-9H2,1-6H3. The highest BCUT2D eigenvalue weighted by molar-refractivity contribution is 6.88. The normalized spacial score (nSPS) is 12.1. The molecule has 0 aliphatic carbocycles. The van der Waals surface area contributed by atoms with Crippen LogP contribution in [-0.4, -0.2) is 16.6 Å². The Labute approximate surface area is 91.5 Å². The SMILES string of the molecule is CCCCC#C[Si](C)(C)O[Si](C)(C)C. The molecule has 0 aliphatic rings. The Balaban J connectivity index is 4.10. The van der Waals surface area contributed by atoms with Gasteiger partial charge in [0.1, 0.15) is 0 Å². The third kappa shape index (κ3) is 8.55. The van der Waals surface area contributed by atoms with E-state index in [1.54, 1.807) is 0 Å². The molecule has 0 heterocycles. The Morgan fingerprint density at radius 3 is 2.07 bits per heavy atom. The van der Waals surface area contributed by atoms with Crippen LogP contribution in [0.25, 0.3) is 0 Å². The molecule has 0 unspecified atom stereocenters. The van der Waals surface area contributed by atoms with Gasteiger partial charge in [-0.05, 0) is 39.2 Å². The van der Waals surface area contributed by atoms with Gasteiger partial charge in [-0.3, -0.25) is 0 Å². The Morgan fingerprint density at radius 2 is 1.64 bits per heavy atom. The van der Waals surface area contributed by atoms with Gasteiger partial charge in [0.25, 0.3) is 8.32 Å². The second-order valence-corrected chi connectivity index (χ2v) is 13.4. The molecule has 0 saturated carbocycles. The van der Waals surface area contributed by atoms with Crippen LogP contribution < -0.4 is 0 Å². The summed E-state index contributed by atoms with van der Waals surface area (Å²) < 4.78 is 6.11. The topological polar surface area (TPSA) is 9.23 Å². The molecule has 0 N–H and O–H groups in total. The van der Waals surface area contributed by atoms with E-state index >= 15 is 0 Å². The van der Waals surface area contributed by atoms with Crippen molar-refractivity contribution in [1.82, 2.24) is 0 Å². The molecule has 0 radical (unpaired) electrons. The van der Waals surface area contributed by atoms with E-state index in [1.807, 2.05) is 0 Å². The Bertz CT molecular complexity index is 218. The maximum atomic E-state index is 6.11. The number of hydrogen-bond donors (Lipinski definition) is 0. The molecule has 0 saturated heterocycles. The molecular formula is C11H24OSi2. The molecule has 0 amide bonds. The van der Waals surface area contributed by atoms with Crippen molar-refractivity contribution < 1.29 is 4.12 Å². The first-order valence-corrected chi connectivity index (χ1v) is 11.8. The third-order valence-electron chi connectivity index (χ3n) is 1.61. The lowest BCUT2D eigenvalue weighted by atomic mass is 10.3. The summed E-state index contributed by atoms with van der Waals surface area (Å²) in [7, 11) is -3.09. The minimum Gasteiger partial charge on any atom is -0.447 e. The summed E-state index contributed by atoms with van der Waals surface area (Å²) in [5, 5.41) is 0. The molecule has 0 fully saturated rings. The summed E-state index contributed by atoms with van der Waals surface area (Å²) in [5.74, 6) is 3.26. The minimum absolute atomic E-state index is 1.03. The van der Waals surface area contributed by atoms with E-state index < -0.39 is 16.6 Å². The maximum Gasteiger partial charge on any atom is 0.255 e. The Morgan fingerprint density at radius 1 is 1.07 bits per heavy atom. The number of unbranched alkanes of at least 4 members (excludes halogenated alkanes) is 2. The molecule has 0 aromatic carbocycles. The fourth-order valence-corrected chi connectivity index (χ4v) is 8.21. The molecule has 0 rings (SSSR count). The van der Waals surface area contributed by atoms with Crippen LogP contribution in [0.4, 0.5) is 0 Å². The highest BCUT2D eigenvalue weighted by Gasteiger charge is 2.27. The van der Waals surface area contributed by atoms with Crippen LogP contribution in [0, 0.1) is 11.5 Å². The van der Waals surface area contributed by atoms with Crippen LogP contribution in [0.1, 0.15) is 26.2 Å². The van der Waals surface area contributed by atoms with Gasteiger partial charge in [-0.25, -0.2) is 0 Å².